The molecule has 1 saturated carbocycles. The number of aromatic nitrogens is 2. The van der Waals surface area contributed by atoms with Crippen LogP contribution >= 0.6 is 0 Å². The predicted molar refractivity (Wildman–Crippen MR) is 139 cm³/mol. The molecule has 0 amide bonds. The Balaban J connectivity index is 1.52. The summed E-state index contributed by atoms with van der Waals surface area (Å²) in [5.74, 6) is -0.322. The molecule has 3 aromatic rings. The molecule has 2 fully saturated rings. The van der Waals surface area contributed by atoms with Crippen LogP contribution < -0.4 is 9.64 Å². The molecule has 36 heavy (non-hydrogen) atoms. The molecule has 1 aliphatic carbocycles. The van der Waals surface area contributed by atoms with Gasteiger partial charge in [0.1, 0.15) is 5.75 Å². The first-order chi connectivity index (χ1) is 17.3. The minimum atomic E-state index is -2.94. The van der Waals surface area contributed by atoms with Crippen molar-refractivity contribution in [1.82, 2.24) is 9.78 Å². The van der Waals surface area contributed by atoms with Crippen molar-refractivity contribution in [3.63, 3.8) is 0 Å². The molecule has 9 heteroatoms. The van der Waals surface area contributed by atoms with Crippen molar-refractivity contribution in [2.75, 3.05) is 36.6 Å². The maximum absolute atomic E-state index is 12.1. The van der Waals surface area contributed by atoms with E-state index in [9.17, 15) is 18.3 Å². The number of aliphatic carboxylic acids is 1. The second kappa shape index (κ2) is 9.97. The standard InChI is InChI=1S/C27H31N3O5S/c1-35-22-6-4-5-21(17-22)30-18-25(26(28-30)23-7-2-3-8-24(23)27(31)32)19-9-11-20(12-10-19)29-13-15-36(33,34)16-14-29/h4-6,9-12,17-18,23-24H,2-3,7-8,13-16H2,1H3,(H,31,32). The number of carbonyl (C=O) groups is 1. The van der Waals surface area contributed by atoms with Crippen LogP contribution in [0.3, 0.4) is 0 Å². The largest absolute Gasteiger partial charge is 0.497 e. The third-order valence-electron chi connectivity index (χ3n) is 7.38. The molecule has 2 aliphatic rings. The van der Waals surface area contributed by atoms with Crippen LogP contribution in [0, 0.1) is 5.92 Å². The van der Waals surface area contributed by atoms with Crippen molar-refractivity contribution in [1.29, 1.82) is 0 Å². The summed E-state index contributed by atoms with van der Waals surface area (Å²) in [7, 11) is -1.32. The number of hydrogen-bond acceptors (Lipinski definition) is 6. The van der Waals surface area contributed by atoms with E-state index in [-0.39, 0.29) is 17.4 Å². The van der Waals surface area contributed by atoms with Gasteiger partial charge in [-0.25, -0.2) is 13.1 Å². The van der Waals surface area contributed by atoms with Crippen molar-refractivity contribution >= 4 is 21.5 Å². The Kier molecular flexibility index (Phi) is 6.75. The smallest absolute Gasteiger partial charge is 0.307 e. The topological polar surface area (TPSA) is 102 Å². The van der Waals surface area contributed by atoms with Crippen molar-refractivity contribution < 1.29 is 23.1 Å². The lowest BCUT2D eigenvalue weighted by Gasteiger charge is -2.29. The Morgan fingerprint density at radius 1 is 1.03 bits per heavy atom. The van der Waals surface area contributed by atoms with Crippen LogP contribution in [0.2, 0.25) is 0 Å². The number of sulfone groups is 1. The van der Waals surface area contributed by atoms with E-state index in [4.69, 9.17) is 9.84 Å². The molecule has 5 rings (SSSR count). The lowest BCUT2D eigenvalue weighted by Crippen LogP contribution is -2.40. The summed E-state index contributed by atoms with van der Waals surface area (Å²) < 4.78 is 30.8. The maximum atomic E-state index is 12.1. The van der Waals surface area contributed by atoms with E-state index in [0.717, 1.165) is 53.2 Å². The molecule has 0 spiro atoms. The van der Waals surface area contributed by atoms with Crippen LogP contribution in [-0.4, -0.2) is 61.0 Å². The number of hydrogen-bond donors (Lipinski definition) is 1. The third-order valence-corrected chi connectivity index (χ3v) is 8.99. The molecule has 1 aliphatic heterocycles. The summed E-state index contributed by atoms with van der Waals surface area (Å²) in [4.78, 5) is 14.2. The van der Waals surface area contributed by atoms with Crippen LogP contribution in [0.4, 0.5) is 5.69 Å². The monoisotopic (exact) mass is 509 g/mol. The first kappa shape index (κ1) is 24.4. The number of methoxy groups -OCH3 is 1. The Hall–Kier alpha value is -3.33. The SMILES string of the molecule is COc1cccc(-n2cc(-c3ccc(N4CCS(=O)(=O)CC4)cc3)c(C3CCCCC3C(=O)O)n2)c1. The van der Waals surface area contributed by atoms with Gasteiger partial charge in [0, 0.05) is 42.5 Å². The number of carboxylic acid groups (broad SMARTS) is 1. The van der Waals surface area contributed by atoms with Crippen molar-refractivity contribution in [2.24, 2.45) is 5.92 Å². The van der Waals surface area contributed by atoms with E-state index < -0.39 is 21.7 Å². The summed E-state index contributed by atoms with van der Waals surface area (Å²) in [5, 5.41) is 14.9. The van der Waals surface area contributed by atoms with Crippen LogP contribution in [0.1, 0.15) is 37.3 Å². The fraction of sp³-hybridized carbons (Fsp3) is 0.407. The van der Waals surface area contributed by atoms with Gasteiger partial charge in [-0.15, -0.1) is 0 Å². The second-order valence-corrected chi connectivity index (χ2v) is 11.9. The molecule has 0 radical (unpaired) electrons. The number of rotatable bonds is 6. The van der Waals surface area contributed by atoms with Gasteiger partial charge in [-0.2, -0.15) is 5.10 Å². The number of carboxylic acids is 1. The van der Waals surface area contributed by atoms with E-state index in [2.05, 4.69) is 4.90 Å². The normalized spacial score (nSPS) is 21.8. The van der Waals surface area contributed by atoms with Crippen LogP contribution in [0.15, 0.2) is 54.7 Å². The van der Waals surface area contributed by atoms with E-state index in [1.54, 1.807) is 7.11 Å². The average molecular weight is 510 g/mol. The summed E-state index contributed by atoms with van der Waals surface area (Å²) in [6.07, 6.45) is 5.32. The van der Waals surface area contributed by atoms with Crippen LogP contribution in [-0.2, 0) is 14.6 Å². The average Bonchev–Trinajstić information content (AvgIpc) is 3.34. The number of anilines is 1. The first-order valence-electron chi connectivity index (χ1n) is 12.4. The van der Waals surface area contributed by atoms with Crippen molar-refractivity contribution in [3.05, 3.63) is 60.4 Å². The number of ether oxygens (including phenoxy) is 1. The maximum Gasteiger partial charge on any atom is 0.307 e. The van der Waals surface area contributed by atoms with Gasteiger partial charge in [0.15, 0.2) is 9.84 Å². The molecule has 8 nitrogen and oxygen atoms in total. The van der Waals surface area contributed by atoms with Gasteiger partial charge in [0.25, 0.3) is 0 Å². The lowest BCUT2D eigenvalue weighted by atomic mass is 9.76. The quantitative estimate of drug-likeness (QED) is 0.533. The van der Waals surface area contributed by atoms with Gasteiger partial charge in [0.05, 0.1) is 35.9 Å². The van der Waals surface area contributed by atoms with Crippen LogP contribution in [0.5, 0.6) is 5.75 Å². The molecule has 1 N–H and O–H groups in total. The van der Waals surface area contributed by atoms with Gasteiger partial charge in [-0.1, -0.05) is 31.0 Å². The molecular weight excluding hydrogens is 478 g/mol. The predicted octanol–water partition coefficient (Wildman–Crippen LogP) is 4.14. The second-order valence-electron chi connectivity index (χ2n) is 9.60. The summed E-state index contributed by atoms with van der Waals surface area (Å²) in [6, 6.07) is 15.7. The highest BCUT2D eigenvalue weighted by Gasteiger charge is 2.35. The molecule has 1 aromatic heterocycles. The molecule has 2 atom stereocenters. The van der Waals surface area contributed by atoms with Crippen molar-refractivity contribution in [2.45, 2.75) is 31.6 Å². The van der Waals surface area contributed by atoms with Gasteiger partial charge in [-0.3, -0.25) is 4.79 Å². The van der Waals surface area contributed by atoms with Gasteiger partial charge >= 0.3 is 5.97 Å². The molecule has 0 bridgehead atoms. The first-order valence-corrected chi connectivity index (χ1v) is 14.2. The van der Waals surface area contributed by atoms with Gasteiger partial charge in [0.2, 0.25) is 0 Å². The molecule has 2 aromatic carbocycles. The lowest BCUT2D eigenvalue weighted by molar-refractivity contribution is -0.143. The summed E-state index contributed by atoms with van der Waals surface area (Å²) >= 11 is 0. The molecule has 2 unspecified atom stereocenters. The third kappa shape index (κ3) is 4.97. The van der Waals surface area contributed by atoms with E-state index >= 15 is 0 Å². The van der Waals surface area contributed by atoms with Gasteiger partial charge in [-0.05, 0) is 42.7 Å². The Bertz CT molecular complexity index is 1340. The molecule has 190 valence electrons. The van der Waals surface area contributed by atoms with E-state index in [0.29, 0.717) is 19.5 Å². The highest BCUT2D eigenvalue weighted by molar-refractivity contribution is 7.91. The Labute approximate surface area is 211 Å². The summed E-state index contributed by atoms with van der Waals surface area (Å²) in [6.45, 7) is 0.978. The number of benzene rings is 2. The van der Waals surface area contributed by atoms with Crippen molar-refractivity contribution in [3.8, 4) is 22.6 Å². The van der Waals surface area contributed by atoms with Gasteiger partial charge < -0.3 is 14.7 Å². The molecular formula is C27H31N3O5S. The Morgan fingerprint density at radius 2 is 1.75 bits per heavy atom. The highest BCUT2D eigenvalue weighted by atomic mass is 32.2. The fourth-order valence-corrected chi connectivity index (χ4v) is 6.55. The zero-order valence-corrected chi connectivity index (χ0v) is 21.2. The Morgan fingerprint density at radius 3 is 2.44 bits per heavy atom. The van der Waals surface area contributed by atoms with E-state index in [1.165, 1.54) is 0 Å². The molecule has 1 saturated heterocycles. The minimum absolute atomic E-state index is 0.162. The van der Waals surface area contributed by atoms with Crippen LogP contribution in [0.25, 0.3) is 16.8 Å². The van der Waals surface area contributed by atoms with E-state index in [1.807, 2.05) is 59.4 Å². The number of nitrogens with zero attached hydrogens (tertiary/aromatic N) is 3. The highest BCUT2D eigenvalue weighted by Crippen LogP contribution is 2.42. The molecule has 2 heterocycles. The minimum Gasteiger partial charge on any atom is -0.497 e. The zero-order valence-electron chi connectivity index (χ0n) is 20.3. The zero-order chi connectivity index (χ0) is 25.3. The summed E-state index contributed by atoms with van der Waals surface area (Å²) in [5.41, 5.74) is 4.51. The fourth-order valence-electron chi connectivity index (χ4n) is 5.34.